The van der Waals surface area contributed by atoms with Crippen molar-refractivity contribution in [3.8, 4) is 0 Å². The standard InChI is InChI=1S/C14H27NO4/c1-13(2,3)9-8-10(11(16)17)15(7)12(18)19-14(4,5)6/h10H,8-9H2,1-7H3,(H,16,17)/t10-/m0/s1. The number of carbonyl (C=O) groups excluding carboxylic acids is 1. The molecule has 5 heteroatoms. The topological polar surface area (TPSA) is 66.8 Å². The monoisotopic (exact) mass is 273 g/mol. The fourth-order valence-corrected chi connectivity index (χ4v) is 1.51. The molecular formula is C14H27NO4. The average molecular weight is 273 g/mol. The number of hydrogen-bond donors (Lipinski definition) is 1. The molecule has 0 saturated carbocycles. The molecule has 0 aliphatic heterocycles. The Kier molecular flexibility index (Phi) is 5.84. The molecule has 1 amide bonds. The summed E-state index contributed by atoms with van der Waals surface area (Å²) in [6.07, 6.45) is 0.528. The fourth-order valence-electron chi connectivity index (χ4n) is 1.51. The summed E-state index contributed by atoms with van der Waals surface area (Å²) in [6.45, 7) is 11.4. The van der Waals surface area contributed by atoms with Gasteiger partial charge in [0, 0.05) is 7.05 Å². The van der Waals surface area contributed by atoms with Crippen molar-refractivity contribution < 1.29 is 19.4 Å². The summed E-state index contributed by atoms with van der Waals surface area (Å²) in [5.41, 5.74) is -0.596. The molecular weight excluding hydrogens is 246 g/mol. The first-order chi connectivity index (χ1) is 8.33. The van der Waals surface area contributed by atoms with Crippen LogP contribution in [-0.2, 0) is 9.53 Å². The molecule has 0 heterocycles. The SMILES string of the molecule is CN(C(=O)OC(C)(C)C)[C@@H](CCC(C)(C)C)C(=O)O. The second-order valence-electron chi connectivity index (χ2n) is 7.04. The van der Waals surface area contributed by atoms with E-state index in [1.54, 1.807) is 20.8 Å². The number of aliphatic carboxylic acids is 1. The highest BCUT2D eigenvalue weighted by Crippen LogP contribution is 2.23. The van der Waals surface area contributed by atoms with Crippen molar-refractivity contribution in [1.29, 1.82) is 0 Å². The van der Waals surface area contributed by atoms with E-state index in [4.69, 9.17) is 4.74 Å². The molecule has 0 unspecified atom stereocenters. The molecule has 112 valence electrons. The van der Waals surface area contributed by atoms with Crippen LogP contribution in [0.1, 0.15) is 54.4 Å². The number of hydrogen-bond acceptors (Lipinski definition) is 3. The molecule has 0 bridgehead atoms. The summed E-state index contributed by atoms with van der Waals surface area (Å²) >= 11 is 0. The third-order valence-electron chi connectivity index (χ3n) is 2.60. The summed E-state index contributed by atoms with van der Waals surface area (Å²) in [6, 6.07) is -0.853. The molecule has 0 rings (SSSR count). The number of nitrogens with zero attached hydrogens (tertiary/aromatic N) is 1. The lowest BCUT2D eigenvalue weighted by Gasteiger charge is -2.30. The molecule has 0 spiro atoms. The first kappa shape index (κ1) is 17.7. The van der Waals surface area contributed by atoms with Gasteiger partial charge in [-0.05, 0) is 39.0 Å². The Morgan fingerprint density at radius 2 is 1.63 bits per heavy atom. The minimum atomic E-state index is -1.00. The number of likely N-dealkylation sites (N-methyl/N-ethyl adjacent to an activating group) is 1. The van der Waals surface area contributed by atoms with Crippen LogP contribution >= 0.6 is 0 Å². The predicted molar refractivity (Wildman–Crippen MR) is 74.1 cm³/mol. The molecule has 19 heavy (non-hydrogen) atoms. The maximum Gasteiger partial charge on any atom is 0.410 e. The fraction of sp³-hybridized carbons (Fsp3) is 0.857. The van der Waals surface area contributed by atoms with Crippen LogP contribution in [0.4, 0.5) is 4.79 Å². The van der Waals surface area contributed by atoms with Crippen molar-refractivity contribution >= 4 is 12.1 Å². The first-order valence-corrected chi connectivity index (χ1v) is 6.52. The van der Waals surface area contributed by atoms with E-state index in [-0.39, 0.29) is 5.41 Å². The largest absolute Gasteiger partial charge is 0.480 e. The van der Waals surface area contributed by atoms with E-state index in [2.05, 4.69) is 0 Å². The number of rotatable bonds is 4. The van der Waals surface area contributed by atoms with E-state index in [1.807, 2.05) is 20.8 Å². The number of amides is 1. The van der Waals surface area contributed by atoms with E-state index >= 15 is 0 Å². The van der Waals surface area contributed by atoms with Gasteiger partial charge in [0.25, 0.3) is 0 Å². The van der Waals surface area contributed by atoms with Crippen molar-refractivity contribution in [1.82, 2.24) is 4.90 Å². The minimum Gasteiger partial charge on any atom is -0.480 e. The normalized spacial score (nSPS) is 13.8. The zero-order chi connectivity index (χ0) is 15.4. The van der Waals surface area contributed by atoms with Crippen LogP contribution in [0.3, 0.4) is 0 Å². The van der Waals surface area contributed by atoms with Gasteiger partial charge in [0.2, 0.25) is 0 Å². The molecule has 0 aromatic rings. The van der Waals surface area contributed by atoms with Gasteiger partial charge in [-0.3, -0.25) is 4.90 Å². The Hall–Kier alpha value is -1.26. The molecule has 0 saturated heterocycles. The van der Waals surface area contributed by atoms with Crippen LogP contribution in [0.2, 0.25) is 0 Å². The van der Waals surface area contributed by atoms with Gasteiger partial charge in [-0.1, -0.05) is 20.8 Å². The molecule has 0 radical (unpaired) electrons. The van der Waals surface area contributed by atoms with Gasteiger partial charge in [0.15, 0.2) is 0 Å². The molecule has 0 aromatic carbocycles. The first-order valence-electron chi connectivity index (χ1n) is 6.52. The van der Waals surface area contributed by atoms with Crippen molar-refractivity contribution in [2.75, 3.05) is 7.05 Å². The number of carbonyl (C=O) groups is 2. The van der Waals surface area contributed by atoms with Crippen molar-refractivity contribution in [3.05, 3.63) is 0 Å². The summed E-state index contributed by atoms with van der Waals surface area (Å²) in [5, 5.41) is 9.24. The van der Waals surface area contributed by atoms with Gasteiger partial charge in [-0.15, -0.1) is 0 Å². The van der Waals surface area contributed by atoms with E-state index in [0.29, 0.717) is 6.42 Å². The third-order valence-corrected chi connectivity index (χ3v) is 2.60. The molecule has 0 aliphatic carbocycles. The van der Waals surface area contributed by atoms with E-state index < -0.39 is 23.7 Å². The number of carboxylic acids is 1. The van der Waals surface area contributed by atoms with Crippen LogP contribution < -0.4 is 0 Å². The average Bonchev–Trinajstić information content (AvgIpc) is 2.12. The summed E-state index contributed by atoms with van der Waals surface area (Å²) in [7, 11) is 1.47. The second kappa shape index (κ2) is 6.26. The van der Waals surface area contributed by atoms with Crippen LogP contribution in [0, 0.1) is 5.41 Å². The lowest BCUT2D eigenvalue weighted by molar-refractivity contribution is -0.143. The van der Waals surface area contributed by atoms with Crippen molar-refractivity contribution in [2.24, 2.45) is 5.41 Å². The summed E-state index contributed by atoms with van der Waals surface area (Å²) in [5.74, 6) is -1.00. The van der Waals surface area contributed by atoms with E-state index in [0.717, 1.165) is 6.42 Å². The van der Waals surface area contributed by atoms with Gasteiger partial charge in [-0.25, -0.2) is 9.59 Å². The Morgan fingerprint density at radius 1 is 1.16 bits per heavy atom. The Morgan fingerprint density at radius 3 is 1.95 bits per heavy atom. The van der Waals surface area contributed by atoms with Gasteiger partial charge in [0.05, 0.1) is 0 Å². The predicted octanol–water partition coefficient (Wildman–Crippen LogP) is 3.13. The second-order valence-corrected chi connectivity index (χ2v) is 7.04. The smallest absolute Gasteiger partial charge is 0.410 e. The lowest BCUT2D eigenvalue weighted by Crippen LogP contribution is -2.45. The Labute approximate surface area is 115 Å². The van der Waals surface area contributed by atoms with Gasteiger partial charge in [-0.2, -0.15) is 0 Å². The molecule has 5 nitrogen and oxygen atoms in total. The third kappa shape index (κ3) is 7.70. The molecule has 1 N–H and O–H groups in total. The van der Waals surface area contributed by atoms with Gasteiger partial charge in [0.1, 0.15) is 11.6 Å². The van der Waals surface area contributed by atoms with Crippen LogP contribution in [-0.4, -0.2) is 40.8 Å². The zero-order valence-corrected chi connectivity index (χ0v) is 13.1. The maximum atomic E-state index is 11.9. The van der Waals surface area contributed by atoms with E-state index in [9.17, 15) is 14.7 Å². The summed E-state index contributed by atoms with van der Waals surface area (Å²) in [4.78, 5) is 24.3. The Balaban J connectivity index is 4.71. The number of ether oxygens (including phenoxy) is 1. The minimum absolute atomic E-state index is 0.0302. The van der Waals surface area contributed by atoms with Gasteiger partial charge >= 0.3 is 12.1 Å². The maximum absolute atomic E-state index is 11.9. The lowest BCUT2D eigenvalue weighted by atomic mass is 9.88. The molecule has 0 aromatic heterocycles. The van der Waals surface area contributed by atoms with E-state index in [1.165, 1.54) is 11.9 Å². The van der Waals surface area contributed by atoms with Gasteiger partial charge < -0.3 is 9.84 Å². The molecule has 1 atom stereocenters. The van der Waals surface area contributed by atoms with Crippen molar-refractivity contribution in [2.45, 2.75) is 66.0 Å². The zero-order valence-electron chi connectivity index (χ0n) is 13.1. The Bertz CT molecular complexity index is 325. The van der Waals surface area contributed by atoms with Crippen LogP contribution in [0.25, 0.3) is 0 Å². The molecule has 0 fully saturated rings. The molecule has 0 aliphatic rings. The highest BCUT2D eigenvalue weighted by Gasteiger charge is 2.30. The quantitative estimate of drug-likeness (QED) is 0.854. The van der Waals surface area contributed by atoms with Crippen molar-refractivity contribution in [3.63, 3.8) is 0 Å². The van der Waals surface area contributed by atoms with Crippen LogP contribution in [0.5, 0.6) is 0 Å². The highest BCUT2D eigenvalue weighted by molar-refractivity contribution is 5.79. The number of carboxylic acid groups (broad SMARTS) is 1. The highest BCUT2D eigenvalue weighted by atomic mass is 16.6. The van der Waals surface area contributed by atoms with Crippen LogP contribution in [0.15, 0.2) is 0 Å². The summed E-state index contributed by atoms with van der Waals surface area (Å²) < 4.78 is 5.19.